The van der Waals surface area contributed by atoms with Crippen molar-refractivity contribution in [3.63, 3.8) is 0 Å². The minimum absolute atomic E-state index is 0.00622. The van der Waals surface area contributed by atoms with Gasteiger partial charge in [0, 0.05) is 22.2 Å². The average Bonchev–Trinajstić information content (AvgIpc) is 2.13. The van der Waals surface area contributed by atoms with Crippen LogP contribution in [0.3, 0.4) is 0 Å². The molecular weight excluding hydrogens is 198 g/mol. The number of carbonyl (C=O) groups is 1. The van der Waals surface area contributed by atoms with Crippen LogP contribution >= 0.6 is 0 Å². The van der Waals surface area contributed by atoms with E-state index >= 15 is 0 Å². The molecule has 0 bridgehead atoms. The number of carbonyl (C=O) groups excluding carboxylic acids is 2. The zero-order valence-electron chi connectivity index (χ0n) is 8.76. The minimum Gasteiger partial charge on any atom is -0.385 e. The molecule has 0 aromatic heterocycles. The standard InChI is InChI=1S/C8H16O2Si.CHNO/c1-7(2)8(9)4-5-10-6-11-3;2-1-3/h1,4-6,11H2,2-3H3;2H. The maximum absolute atomic E-state index is 10.9. The number of isocyanates is 1. The van der Waals surface area contributed by atoms with Gasteiger partial charge in [0.15, 0.2) is 5.78 Å². The van der Waals surface area contributed by atoms with Crippen LogP contribution in [-0.4, -0.2) is 34.2 Å². The van der Waals surface area contributed by atoms with Crippen LogP contribution in [0.25, 0.3) is 0 Å². The highest BCUT2D eigenvalue weighted by atomic mass is 28.2. The van der Waals surface area contributed by atoms with Crippen molar-refractivity contribution in [2.24, 2.45) is 0 Å². The topological polar surface area (TPSA) is 67.2 Å². The molecule has 0 atom stereocenters. The summed E-state index contributed by atoms with van der Waals surface area (Å²) in [7, 11) is -0.00622. The lowest BCUT2D eigenvalue weighted by atomic mass is 10.2. The number of nitrogens with one attached hydrogen (secondary N) is 1. The van der Waals surface area contributed by atoms with Crippen LogP contribution in [-0.2, 0) is 14.3 Å². The van der Waals surface area contributed by atoms with Gasteiger partial charge in [-0.3, -0.25) is 4.79 Å². The van der Waals surface area contributed by atoms with Gasteiger partial charge >= 0.3 is 0 Å². The van der Waals surface area contributed by atoms with E-state index in [1.165, 1.54) is 0 Å². The molecule has 0 spiro atoms. The normalized spacial score (nSPS) is 9.00. The van der Waals surface area contributed by atoms with Gasteiger partial charge in [0.05, 0.1) is 6.61 Å². The Morgan fingerprint density at radius 3 is 2.50 bits per heavy atom. The Labute approximate surface area is 86.7 Å². The zero-order chi connectivity index (χ0) is 11.4. The summed E-state index contributed by atoms with van der Waals surface area (Å²) in [5.74, 6) is 0.114. The second kappa shape index (κ2) is 12.0. The van der Waals surface area contributed by atoms with Gasteiger partial charge in [0.2, 0.25) is 6.08 Å². The van der Waals surface area contributed by atoms with Crippen LogP contribution in [0.1, 0.15) is 13.3 Å². The lowest BCUT2D eigenvalue weighted by Gasteiger charge is -2.00. The second-order valence-electron chi connectivity index (χ2n) is 2.67. The molecule has 0 heterocycles. The maximum Gasteiger partial charge on any atom is 0.231 e. The molecular formula is C9H17NO3Si. The van der Waals surface area contributed by atoms with Crippen LogP contribution in [0.4, 0.5) is 0 Å². The molecule has 0 saturated heterocycles. The fourth-order valence-corrected chi connectivity index (χ4v) is 1.12. The SMILES string of the molecule is C=C(C)C(=O)CCOC[SiH2]C.N=C=O. The van der Waals surface area contributed by atoms with Crippen molar-refractivity contribution in [2.45, 2.75) is 19.9 Å². The first-order valence-electron chi connectivity index (χ1n) is 4.40. The van der Waals surface area contributed by atoms with Crippen molar-refractivity contribution in [1.82, 2.24) is 0 Å². The van der Waals surface area contributed by atoms with Gasteiger partial charge in [0.1, 0.15) is 0 Å². The Balaban J connectivity index is 0. The molecule has 0 aliphatic heterocycles. The van der Waals surface area contributed by atoms with Crippen molar-refractivity contribution in [2.75, 3.05) is 12.8 Å². The summed E-state index contributed by atoms with van der Waals surface area (Å²) in [5.41, 5.74) is 0.627. The van der Waals surface area contributed by atoms with E-state index in [4.69, 9.17) is 14.9 Å². The fraction of sp³-hybridized carbons (Fsp3) is 0.556. The number of ketones is 1. The molecule has 4 nitrogen and oxygen atoms in total. The summed E-state index contributed by atoms with van der Waals surface area (Å²) in [5, 5.41) is 5.40. The van der Waals surface area contributed by atoms with Gasteiger partial charge < -0.3 is 4.74 Å². The summed E-state index contributed by atoms with van der Waals surface area (Å²) < 4.78 is 5.20. The van der Waals surface area contributed by atoms with Gasteiger partial charge in [-0.15, -0.1) is 0 Å². The molecule has 0 aromatic rings. The van der Waals surface area contributed by atoms with Gasteiger partial charge in [0.25, 0.3) is 0 Å². The highest BCUT2D eigenvalue weighted by Crippen LogP contribution is 1.94. The molecule has 0 aliphatic carbocycles. The lowest BCUT2D eigenvalue weighted by Crippen LogP contribution is -2.07. The number of ether oxygens (including phenoxy) is 1. The number of allylic oxidation sites excluding steroid dienone is 1. The average molecular weight is 215 g/mol. The van der Waals surface area contributed by atoms with E-state index in [1.807, 2.05) is 0 Å². The predicted octanol–water partition coefficient (Wildman–Crippen LogP) is 0.614. The third-order valence-electron chi connectivity index (χ3n) is 1.30. The minimum atomic E-state index is -0.00622. The predicted molar refractivity (Wildman–Crippen MR) is 58.1 cm³/mol. The third-order valence-corrected chi connectivity index (χ3v) is 1.99. The Morgan fingerprint density at radius 1 is 1.64 bits per heavy atom. The lowest BCUT2D eigenvalue weighted by molar-refractivity contribution is -0.116. The van der Waals surface area contributed by atoms with E-state index < -0.39 is 0 Å². The van der Waals surface area contributed by atoms with E-state index in [9.17, 15) is 4.79 Å². The molecule has 80 valence electrons. The molecule has 14 heavy (non-hydrogen) atoms. The molecule has 0 aliphatic rings. The molecule has 0 saturated carbocycles. The van der Waals surface area contributed by atoms with Gasteiger partial charge in [-0.1, -0.05) is 13.1 Å². The summed E-state index contributed by atoms with van der Waals surface area (Å²) in [6.07, 6.45) is 2.12. The molecule has 1 N–H and O–H groups in total. The Hall–Kier alpha value is -1.03. The monoisotopic (exact) mass is 215 g/mol. The van der Waals surface area contributed by atoms with Crippen molar-refractivity contribution in [3.8, 4) is 0 Å². The second-order valence-corrected chi connectivity index (χ2v) is 4.08. The largest absolute Gasteiger partial charge is 0.385 e. The Bertz CT molecular complexity index is 210. The van der Waals surface area contributed by atoms with E-state index in [0.717, 1.165) is 12.3 Å². The van der Waals surface area contributed by atoms with Gasteiger partial charge in [-0.2, -0.15) is 0 Å². The summed E-state index contributed by atoms with van der Waals surface area (Å²) in [6.45, 7) is 8.03. The smallest absolute Gasteiger partial charge is 0.231 e. The highest BCUT2D eigenvalue weighted by molar-refractivity contribution is 6.33. The summed E-state index contributed by atoms with van der Waals surface area (Å²) in [4.78, 5) is 19.3. The van der Waals surface area contributed by atoms with E-state index in [1.54, 1.807) is 6.92 Å². The van der Waals surface area contributed by atoms with Crippen LogP contribution < -0.4 is 0 Å². The first-order chi connectivity index (χ1) is 6.59. The van der Waals surface area contributed by atoms with Crippen LogP contribution in [0.5, 0.6) is 0 Å². The molecule has 0 rings (SSSR count). The van der Waals surface area contributed by atoms with Crippen molar-refractivity contribution in [3.05, 3.63) is 12.2 Å². The first-order valence-corrected chi connectivity index (χ1v) is 6.81. The van der Waals surface area contributed by atoms with Gasteiger partial charge in [-0.25, -0.2) is 10.2 Å². The summed E-state index contributed by atoms with van der Waals surface area (Å²) in [6, 6.07) is 0. The number of rotatable bonds is 6. The van der Waals surface area contributed by atoms with Crippen molar-refractivity contribution in [1.29, 1.82) is 5.41 Å². The molecule has 0 aromatic carbocycles. The van der Waals surface area contributed by atoms with Gasteiger partial charge in [-0.05, 0) is 12.5 Å². The molecule has 0 unspecified atom stereocenters. The molecule has 5 heteroatoms. The van der Waals surface area contributed by atoms with E-state index in [0.29, 0.717) is 18.6 Å². The first kappa shape index (κ1) is 15.4. The quantitative estimate of drug-likeness (QED) is 0.232. The Morgan fingerprint density at radius 2 is 2.14 bits per heavy atom. The zero-order valence-corrected chi connectivity index (χ0v) is 10.2. The summed E-state index contributed by atoms with van der Waals surface area (Å²) >= 11 is 0. The van der Waals surface area contributed by atoms with Crippen molar-refractivity contribution < 1.29 is 14.3 Å². The van der Waals surface area contributed by atoms with Crippen LogP contribution in [0, 0.1) is 5.41 Å². The number of Topliss-reactive ketones (excluding diaryl/α,β-unsaturated/α-hetero) is 1. The van der Waals surface area contributed by atoms with Crippen LogP contribution in [0.2, 0.25) is 6.55 Å². The molecule has 0 fully saturated rings. The molecule has 0 amide bonds. The highest BCUT2D eigenvalue weighted by Gasteiger charge is 2.00. The van der Waals surface area contributed by atoms with E-state index in [2.05, 4.69) is 13.1 Å². The third kappa shape index (κ3) is 13.5. The molecule has 0 radical (unpaired) electrons. The Kier molecular flexibility index (Phi) is 13.2. The number of hydrogen-bond donors (Lipinski definition) is 1. The van der Waals surface area contributed by atoms with E-state index in [-0.39, 0.29) is 15.3 Å². The van der Waals surface area contributed by atoms with Crippen molar-refractivity contribution >= 4 is 21.4 Å². The number of hydrogen-bond acceptors (Lipinski definition) is 4. The van der Waals surface area contributed by atoms with Crippen LogP contribution in [0.15, 0.2) is 12.2 Å². The fourth-order valence-electron chi connectivity index (χ4n) is 0.625. The maximum atomic E-state index is 10.9.